The van der Waals surface area contributed by atoms with Crippen LogP contribution in [0, 0.1) is 0 Å². The molecule has 5 nitrogen and oxygen atoms in total. The molecule has 0 fully saturated rings. The van der Waals surface area contributed by atoms with Crippen molar-refractivity contribution in [1.29, 1.82) is 0 Å². The lowest BCUT2D eigenvalue weighted by molar-refractivity contribution is -0.123. The van der Waals surface area contributed by atoms with Crippen LogP contribution in [-0.4, -0.2) is 31.0 Å². The summed E-state index contributed by atoms with van der Waals surface area (Å²) in [5.41, 5.74) is 1.75. The summed E-state index contributed by atoms with van der Waals surface area (Å²) in [6.07, 6.45) is 0.774. The molecule has 0 aliphatic carbocycles. The molecule has 0 aromatic heterocycles. The zero-order valence-corrected chi connectivity index (χ0v) is 16.6. The van der Waals surface area contributed by atoms with Crippen molar-refractivity contribution in [2.24, 2.45) is 0 Å². The van der Waals surface area contributed by atoms with Gasteiger partial charge in [-0.05, 0) is 62.2 Å². The lowest BCUT2D eigenvalue weighted by Gasteiger charge is -2.21. The molecule has 27 heavy (non-hydrogen) atoms. The van der Waals surface area contributed by atoms with Crippen molar-refractivity contribution in [1.82, 2.24) is 5.32 Å². The first-order chi connectivity index (χ1) is 12.8. The smallest absolute Gasteiger partial charge is 0.240 e. The summed E-state index contributed by atoms with van der Waals surface area (Å²) in [6, 6.07) is 14.6. The highest BCUT2D eigenvalue weighted by atomic mass is 35.5. The summed E-state index contributed by atoms with van der Waals surface area (Å²) >= 11 is 5.86. The summed E-state index contributed by atoms with van der Waals surface area (Å²) in [5, 5.41) is 3.53. The highest BCUT2D eigenvalue weighted by Crippen LogP contribution is 2.20. The Balaban J connectivity index is 1.89. The van der Waals surface area contributed by atoms with Gasteiger partial charge in [0.05, 0.1) is 6.10 Å². The molecule has 0 saturated carbocycles. The Morgan fingerprint density at radius 1 is 1.07 bits per heavy atom. The van der Waals surface area contributed by atoms with E-state index in [1.807, 2.05) is 38.1 Å². The molecule has 0 heterocycles. The molecule has 0 atom stereocenters. The zero-order valence-electron chi connectivity index (χ0n) is 15.9. The van der Waals surface area contributed by atoms with Gasteiger partial charge in [0.25, 0.3) is 0 Å². The van der Waals surface area contributed by atoms with Crippen molar-refractivity contribution < 1.29 is 14.3 Å². The van der Waals surface area contributed by atoms with Gasteiger partial charge in [-0.1, -0.05) is 23.7 Å². The van der Waals surface area contributed by atoms with E-state index in [4.69, 9.17) is 16.3 Å². The van der Waals surface area contributed by atoms with Gasteiger partial charge in [-0.2, -0.15) is 0 Å². The van der Waals surface area contributed by atoms with Crippen molar-refractivity contribution >= 4 is 29.1 Å². The van der Waals surface area contributed by atoms with Gasteiger partial charge in [0.2, 0.25) is 11.8 Å². The molecule has 0 radical (unpaired) electrons. The van der Waals surface area contributed by atoms with E-state index in [1.165, 1.54) is 11.8 Å². The van der Waals surface area contributed by atoms with Gasteiger partial charge in [-0.25, -0.2) is 0 Å². The van der Waals surface area contributed by atoms with Crippen LogP contribution in [0.25, 0.3) is 0 Å². The second-order valence-corrected chi connectivity index (χ2v) is 6.93. The Bertz CT molecular complexity index is 758. The van der Waals surface area contributed by atoms with Crippen molar-refractivity contribution in [3.8, 4) is 5.75 Å². The quantitative estimate of drug-likeness (QED) is 0.747. The fourth-order valence-corrected chi connectivity index (χ4v) is 2.68. The third-order valence-electron chi connectivity index (χ3n) is 3.85. The fraction of sp³-hybridized carbons (Fsp3) is 0.333. The van der Waals surface area contributed by atoms with Gasteiger partial charge in [-0.3, -0.25) is 9.59 Å². The number of hydrogen-bond acceptors (Lipinski definition) is 3. The number of rotatable bonds is 8. The minimum Gasteiger partial charge on any atom is -0.491 e. The topological polar surface area (TPSA) is 58.6 Å². The van der Waals surface area contributed by atoms with Crippen LogP contribution in [-0.2, 0) is 16.0 Å². The number of benzene rings is 2. The number of halogens is 1. The number of amides is 2. The normalized spacial score (nSPS) is 10.6. The summed E-state index contributed by atoms with van der Waals surface area (Å²) in [4.78, 5) is 25.7. The maximum Gasteiger partial charge on any atom is 0.240 e. The van der Waals surface area contributed by atoms with E-state index in [0.717, 1.165) is 11.3 Å². The van der Waals surface area contributed by atoms with Crippen LogP contribution in [0.15, 0.2) is 48.5 Å². The lowest BCUT2D eigenvalue weighted by atomic mass is 10.1. The Morgan fingerprint density at radius 3 is 2.26 bits per heavy atom. The number of hydrogen-bond donors (Lipinski definition) is 1. The maximum atomic E-state index is 12.2. The van der Waals surface area contributed by atoms with Crippen LogP contribution in [0.1, 0.15) is 26.3 Å². The summed E-state index contributed by atoms with van der Waals surface area (Å²) in [7, 11) is 0. The second kappa shape index (κ2) is 9.97. The molecule has 0 bridgehead atoms. The average molecular weight is 389 g/mol. The van der Waals surface area contributed by atoms with E-state index < -0.39 is 0 Å². The fourth-order valence-electron chi connectivity index (χ4n) is 2.56. The van der Waals surface area contributed by atoms with Crippen LogP contribution < -0.4 is 15.0 Å². The van der Waals surface area contributed by atoms with Crippen LogP contribution in [0.5, 0.6) is 5.75 Å². The van der Waals surface area contributed by atoms with Crippen LogP contribution in [0.4, 0.5) is 5.69 Å². The molecule has 6 heteroatoms. The number of nitrogens with zero attached hydrogens (tertiary/aromatic N) is 1. The third kappa shape index (κ3) is 6.94. The molecule has 0 aliphatic rings. The average Bonchev–Trinajstić information content (AvgIpc) is 2.61. The van der Waals surface area contributed by atoms with Crippen molar-refractivity contribution in [2.45, 2.75) is 33.3 Å². The first-order valence-corrected chi connectivity index (χ1v) is 9.29. The lowest BCUT2D eigenvalue weighted by Crippen LogP contribution is -2.40. The largest absolute Gasteiger partial charge is 0.491 e. The number of anilines is 1. The van der Waals surface area contributed by atoms with E-state index >= 15 is 0 Å². The maximum absolute atomic E-state index is 12.2. The van der Waals surface area contributed by atoms with E-state index in [2.05, 4.69) is 5.32 Å². The molecule has 1 N–H and O–H groups in total. The number of carbonyl (C=O) groups is 2. The highest BCUT2D eigenvalue weighted by molar-refractivity contribution is 6.30. The van der Waals surface area contributed by atoms with E-state index in [9.17, 15) is 9.59 Å². The first kappa shape index (κ1) is 20.8. The first-order valence-electron chi connectivity index (χ1n) is 8.91. The van der Waals surface area contributed by atoms with E-state index in [1.54, 1.807) is 24.3 Å². The summed E-state index contributed by atoms with van der Waals surface area (Å²) in [5.74, 6) is 0.326. The highest BCUT2D eigenvalue weighted by Gasteiger charge is 2.15. The molecular weight excluding hydrogens is 364 g/mol. The molecule has 2 amide bonds. The van der Waals surface area contributed by atoms with Gasteiger partial charge in [0, 0.05) is 24.2 Å². The van der Waals surface area contributed by atoms with Gasteiger partial charge >= 0.3 is 0 Å². The Morgan fingerprint density at radius 2 is 1.70 bits per heavy atom. The van der Waals surface area contributed by atoms with Gasteiger partial charge < -0.3 is 15.0 Å². The SMILES string of the molecule is CC(=O)N(CC(=O)NCCc1ccc(Cl)cc1)c1ccc(OC(C)C)cc1. The molecule has 0 aliphatic heterocycles. The van der Waals surface area contributed by atoms with E-state index in [-0.39, 0.29) is 24.5 Å². The molecule has 0 spiro atoms. The predicted octanol–water partition coefficient (Wildman–Crippen LogP) is 3.84. The monoisotopic (exact) mass is 388 g/mol. The Kier molecular flexibility index (Phi) is 7.67. The second-order valence-electron chi connectivity index (χ2n) is 6.49. The molecular formula is C21H25ClN2O3. The molecule has 0 unspecified atom stereocenters. The molecule has 0 saturated heterocycles. The summed E-state index contributed by atoms with van der Waals surface area (Å²) < 4.78 is 5.60. The number of carbonyl (C=O) groups excluding carboxylic acids is 2. The Hall–Kier alpha value is -2.53. The van der Waals surface area contributed by atoms with E-state index in [0.29, 0.717) is 23.7 Å². The number of ether oxygens (including phenoxy) is 1. The number of nitrogens with one attached hydrogen (secondary N) is 1. The minimum atomic E-state index is -0.207. The predicted molar refractivity (Wildman–Crippen MR) is 108 cm³/mol. The molecule has 2 aromatic rings. The van der Waals surface area contributed by atoms with Gasteiger partial charge in [-0.15, -0.1) is 0 Å². The third-order valence-corrected chi connectivity index (χ3v) is 4.10. The van der Waals surface area contributed by atoms with Gasteiger partial charge in [0.1, 0.15) is 12.3 Å². The zero-order chi connectivity index (χ0) is 19.8. The molecule has 2 aromatic carbocycles. The van der Waals surface area contributed by atoms with Crippen molar-refractivity contribution in [3.63, 3.8) is 0 Å². The van der Waals surface area contributed by atoms with Crippen LogP contribution in [0.3, 0.4) is 0 Å². The standard InChI is InChI=1S/C21H25ClN2O3/c1-15(2)27-20-10-8-19(9-11-20)24(16(3)25)14-21(26)23-13-12-17-4-6-18(22)7-5-17/h4-11,15H,12-14H2,1-3H3,(H,23,26). The van der Waals surface area contributed by atoms with Crippen molar-refractivity contribution in [3.05, 3.63) is 59.1 Å². The summed E-state index contributed by atoms with van der Waals surface area (Å²) in [6.45, 7) is 5.81. The van der Waals surface area contributed by atoms with Crippen molar-refractivity contribution in [2.75, 3.05) is 18.0 Å². The minimum absolute atomic E-state index is 0.0274. The van der Waals surface area contributed by atoms with Crippen LogP contribution in [0.2, 0.25) is 5.02 Å². The molecule has 2 rings (SSSR count). The Labute approximate surface area is 165 Å². The van der Waals surface area contributed by atoms with Gasteiger partial charge in [0.15, 0.2) is 0 Å². The van der Waals surface area contributed by atoms with Crippen LogP contribution >= 0.6 is 11.6 Å². The molecule has 144 valence electrons.